The third-order valence-electron chi connectivity index (χ3n) is 8.02. The molecule has 3 aromatic heterocycles. The van der Waals surface area contributed by atoms with Crippen LogP contribution in [0, 0.1) is 5.41 Å². The highest BCUT2D eigenvalue weighted by molar-refractivity contribution is 7.99. The van der Waals surface area contributed by atoms with Crippen molar-refractivity contribution in [1.29, 1.82) is 0 Å². The van der Waals surface area contributed by atoms with E-state index in [2.05, 4.69) is 30.6 Å². The van der Waals surface area contributed by atoms with Crippen LogP contribution in [0.5, 0.6) is 5.75 Å². The molecule has 0 aliphatic carbocycles. The van der Waals surface area contributed by atoms with E-state index in [0.29, 0.717) is 6.04 Å². The number of hydrogen-bond donors (Lipinski definition) is 1. The summed E-state index contributed by atoms with van der Waals surface area (Å²) in [7, 11) is 0. The maximum atomic E-state index is 6.63. The minimum Gasteiger partial charge on any atom is -0.486 e. The molecule has 4 aliphatic rings. The quantitative estimate of drug-likeness (QED) is 0.612. The molecule has 2 saturated heterocycles. The van der Waals surface area contributed by atoms with Gasteiger partial charge in [0.25, 0.3) is 0 Å². The molecule has 9 nitrogen and oxygen atoms in total. The standard InChI is InChI=1S/C24H28N8OS/c25-22-17-3-8-29-32(17)15-24(22)5-10-30(11-6-24)19-12-28-20(13-27-19)34-18-4-7-26-23-21(18)33-14-16-2-1-9-31(16)23/h3-4,7-8,12-13,16,22H,1-2,5-6,9-11,14-15,25H2/t16-,22+/m0/s1. The van der Waals surface area contributed by atoms with Crippen LogP contribution >= 0.6 is 11.8 Å². The Kier molecular flexibility index (Phi) is 4.73. The summed E-state index contributed by atoms with van der Waals surface area (Å²) < 4.78 is 8.21. The zero-order chi connectivity index (χ0) is 22.7. The molecule has 7 rings (SSSR count). The molecule has 0 aromatic carbocycles. The Bertz CT molecular complexity index is 1210. The average molecular weight is 477 g/mol. The topological polar surface area (TPSA) is 98.2 Å². The van der Waals surface area contributed by atoms with E-state index >= 15 is 0 Å². The Labute approximate surface area is 202 Å². The molecule has 4 aliphatic heterocycles. The van der Waals surface area contributed by atoms with Crippen LogP contribution in [-0.2, 0) is 6.54 Å². The molecule has 2 N–H and O–H groups in total. The minimum atomic E-state index is 0.0614. The molecular weight excluding hydrogens is 448 g/mol. The highest BCUT2D eigenvalue weighted by Crippen LogP contribution is 2.48. The maximum absolute atomic E-state index is 6.63. The lowest BCUT2D eigenvalue weighted by Crippen LogP contribution is -2.45. The molecule has 2 fully saturated rings. The zero-order valence-electron chi connectivity index (χ0n) is 19.0. The van der Waals surface area contributed by atoms with E-state index in [0.717, 1.165) is 78.6 Å². The van der Waals surface area contributed by atoms with E-state index in [1.54, 1.807) is 11.8 Å². The van der Waals surface area contributed by atoms with E-state index in [9.17, 15) is 0 Å². The lowest BCUT2D eigenvalue weighted by atomic mass is 9.73. The van der Waals surface area contributed by atoms with Crippen molar-refractivity contribution in [1.82, 2.24) is 24.7 Å². The summed E-state index contributed by atoms with van der Waals surface area (Å²) in [6, 6.07) is 4.59. The Morgan fingerprint density at radius 1 is 1.06 bits per heavy atom. The van der Waals surface area contributed by atoms with E-state index in [1.165, 1.54) is 12.8 Å². The van der Waals surface area contributed by atoms with Crippen LogP contribution in [0.25, 0.3) is 0 Å². The fraction of sp³-hybridized carbons (Fsp3) is 0.500. The molecule has 7 heterocycles. The van der Waals surface area contributed by atoms with Crippen LogP contribution in [-0.4, -0.2) is 57.0 Å². The number of pyridine rings is 1. The fourth-order valence-electron chi connectivity index (χ4n) is 6.05. The second-order valence-electron chi connectivity index (χ2n) is 9.82. The summed E-state index contributed by atoms with van der Waals surface area (Å²) in [6.07, 6.45) is 11.9. The van der Waals surface area contributed by atoms with Crippen LogP contribution in [0.15, 0.2) is 46.8 Å². The maximum Gasteiger partial charge on any atom is 0.175 e. The van der Waals surface area contributed by atoms with Crippen molar-refractivity contribution in [2.75, 3.05) is 36.0 Å². The number of aromatic nitrogens is 5. The molecule has 0 bridgehead atoms. The van der Waals surface area contributed by atoms with Gasteiger partial charge in [0.05, 0.1) is 35.1 Å². The molecule has 1 spiro atoms. The Hall–Kier alpha value is -2.85. The van der Waals surface area contributed by atoms with Crippen molar-refractivity contribution in [3.05, 3.63) is 42.6 Å². The van der Waals surface area contributed by atoms with Crippen molar-refractivity contribution in [3.8, 4) is 5.75 Å². The molecule has 0 saturated carbocycles. The van der Waals surface area contributed by atoms with Gasteiger partial charge in [-0.25, -0.2) is 15.0 Å². The number of nitrogens with two attached hydrogens (primary N) is 1. The van der Waals surface area contributed by atoms with Gasteiger partial charge in [-0.15, -0.1) is 0 Å². The number of ether oxygens (including phenoxy) is 1. The first-order valence-corrected chi connectivity index (χ1v) is 12.9. The second-order valence-corrected chi connectivity index (χ2v) is 10.9. The summed E-state index contributed by atoms with van der Waals surface area (Å²) in [6.45, 7) is 4.58. The molecule has 176 valence electrons. The van der Waals surface area contributed by atoms with Gasteiger partial charge in [0.1, 0.15) is 17.5 Å². The van der Waals surface area contributed by atoms with Crippen LogP contribution in [0.3, 0.4) is 0 Å². The Balaban J connectivity index is 1.04. The van der Waals surface area contributed by atoms with Crippen molar-refractivity contribution in [2.24, 2.45) is 11.1 Å². The van der Waals surface area contributed by atoms with Gasteiger partial charge in [0.15, 0.2) is 11.6 Å². The summed E-state index contributed by atoms with van der Waals surface area (Å²) in [5.41, 5.74) is 7.90. The van der Waals surface area contributed by atoms with E-state index in [-0.39, 0.29) is 11.5 Å². The highest BCUT2D eigenvalue weighted by Gasteiger charge is 2.47. The Morgan fingerprint density at radius 3 is 2.79 bits per heavy atom. The lowest BCUT2D eigenvalue weighted by molar-refractivity contribution is 0.170. The average Bonchev–Trinajstić information content (AvgIpc) is 3.59. The number of nitrogens with zero attached hydrogens (tertiary/aromatic N) is 7. The molecule has 0 amide bonds. The van der Waals surface area contributed by atoms with Crippen LogP contribution in [0.4, 0.5) is 11.6 Å². The van der Waals surface area contributed by atoms with Crippen molar-refractivity contribution < 1.29 is 4.74 Å². The fourth-order valence-corrected chi connectivity index (χ4v) is 6.85. The lowest BCUT2D eigenvalue weighted by Gasteiger charge is -2.41. The third kappa shape index (κ3) is 3.19. The summed E-state index contributed by atoms with van der Waals surface area (Å²) in [4.78, 5) is 19.9. The highest BCUT2D eigenvalue weighted by atomic mass is 32.2. The molecule has 10 heteroatoms. The van der Waals surface area contributed by atoms with E-state index < -0.39 is 0 Å². The molecular formula is C24H28N8OS. The number of hydrogen-bond acceptors (Lipinski definition) is 9. The van der Waals surface area contributed by atoms with Gasteiger partial charge >= 0.3 is 0 Å². The monoisotopic (exact) mass is 476 g/mol. The summed E-state index contributed by atoms with van der Waals surface area (Å²) >= 11 is 1.59. The van der Waals surface area contributed by atoms with Crippen molar-refractivity contribution >= 4 is 23.4 Å². The molecule has 34 heavy (non-hydrogen) atoms. The predicted octanol–water partition coefficient (Wildman–Crippen LogP) is 2.88. The first-order chi connectivity index (χ1) is 16.7. The van der Waals surface area contributed by atoms with Gasteiger partial charge in [-0.1, -0.05) is 11.8 Å². The largest absolute Gasteiger partial charge is 0.486 e. The van der Waals surface area contributed by atoms with Crippen molar-refractivity contribution in [2.45, 2.75) is 54.2 Å². The van der Waals surface area contributed by atoms with Gasteiger partial charge in [-0.05, 0) is 37.8 Å². The predicted molar refractivity (Wildman–Crippen MR) is 129 cm³/mol. The molecule has 0 unspecified atom stereocenters. The third-order valence-corrected chi connectivity index (χ3v) is 8.98. The van der Waals surface area contributed by atoms with Gasteiger partial charge in [-0.2, -0.15) is 5.10 Å². The Morgan fingerprint density at radius 2 is 1.97 bits per heavy atom. The number of anilines is 2. The minimum absolute atomic E-state index is 0.0614. The molecule has 2 atom stereocenters. The van der Waals surface area contributed by atoms with E-state index in [4.69, 9.17) is 20.4 Å². The molecule has 0 radical (unpaired) electrons. The second kappa shape index (κ2) is 7.84. The first kappa shape index (κ1) is 20.5. The number of fused-ring (bicyclic) bond motifs is 4. The summed E-state index contributed by atoms with van der Waals surface area (Å²) in [5, 5.41) is 5.31. The SMILES string of the molecule is N[C@@H]1c2ccnn2CC12CCN(c1cnc(Sc3ccnc4c3OC[C@@H]3CCCN43)cn1)CC2. The number of piperidine rings is 1. The van der Waals surface area contributed by atoms with Gasteiger partial charge < -0.3 is 20.3 Å². The molecule has 3 aromatic rings. The number of rotatable bonds is 3. The van der Waals surface area contributed by atoms with Crippen LogP contribution in [0.2, 0.25) is 0 Å². The van der Waals surface area contributed by atoms with Crippen LogP contribution in [0.1, 0.15) is 37.4 Å². The normalized spacial score (nSPS) is 24.6. The zero-order valence-corrected chi connectivity index (χ0v) is 19.8. The van der Waals surface area contributed by atoms with Gasteiger partial charge in [-0.3, -0.25) is 4.68 Å². The summed E-state index contributed by atoms with van der Waals surface area (Å²) in [5.74, 6) is 2.78. The van der Waals surface area contributed by atoms with Crippen LogP contribution < -0.4 is 20.3 Å². The smallest absolute Gasteiger partial charge is 0.175 e. The first-order valence-electron chi connectivity index (χ1n) is 12.1. The van der Waals surface area contributed by atoms with Gasteiger partial charge in [0, 0.05) is 44.0 Å². The van der Waals surface area contributed by atoms with Gasteiger partial charge in [0.2, 0.25) is 0 Å². The van der Waals surface area contributed by atoms with E-state index in [1.807, 2.05) is 30.9 Å². The van der Waals surface area contributed by atoms with Crippen molar-refractivity contribution in [3.63, 3.8) is 0 Å².